The molecule has 1 aliphatic carbocycles. The van der Waals surface area contributed by atoms with E-state index in [0.717, 1.165) is 25.0 Å². The van der Waals surface area contributed by atoms with Gasteiger partial charge in [0.05, 0.1) is 11.6 Å². The van der Waals surface area contributed by atoms with Gasteiger partial charge >= 0.3 is 6.18 Å². The summed E-state index contributed by atoms with van der Waals surface area (Å²) in [6, 6.07) is 6.46. The first kappa shape index (κ1) is 20.4. The van der Waals surface area contributed by atoms with Crippen LogP contribution in [0.15, 0.2) is 45.9 Å². The smallest absolute Gasteiger partial charge is 0.416 e. The first-order valence-electron chi connectivity index (χ1n) is 8.58. The lowest BCUT2D eigenvalue weighted by atomic mass is 10.0. The Morgan fingerprint density at radius 1 is 1.25 bits per heavy atom. The van der Waals surface area contributed by atoms with Gasteiger partial charge in [0, 0.05) is 6.04 Å². The van der Waals surface area contributed by atoms with Crippen molar-refractivity contribution in [2.75, 3.05) is 7.05 Å². The second-order valence-electron chi connectivity index (χ2n) is 6.57. The average molecular weight is 416 g/mol. The third-order valence-electron chi connectivity index (χ3n) is 4.61. The maximum atomic E-state index is 13.0. The summed E-state index contributed by atoms with van der Waals surface area (Å²) in [4.78, 5) is 14.4. The van der Waals surface area contributed by atoms with Gasteiger partial charge in [-0.25, -0.2) is 13.1 Å². The van der Waals surface area contributed by atoms with Crippen LogP contribution in [0.1, 0.15) is 47.5 Å². The molecule has 1 heterocycles. The molecule has 10 heteroatoms. The van der Waals surface area contributed by atoms with Crippen molar-refractivity contribution in [2.45, 2.75) is 43.1 Å². The van der Waals surface area contributed by atoms with E-state index < -0.39 is 38.8 Å². The zero-order valence-electron chi connectivity index (χ0n) is 15.2. The molecular weight excluding hydrogens is 397 g/mol. The van der Waals surface area contributed by atoms with Gasteiger partial charge in [-0.1, -0.05) is 12.1 Å². The molecular formula is C18H19F3N2O4S. The highest BCUT2D eigenvalue weighted by Crippen LogP contribution is 2.37. The zero-order valence-corrected chi connectivity index (χ0v) is 16.0. The molecule has 28 heavy (non-hydrogen) atoms. The number of benzene rings is 1. The van der Waals surface area contributed by atoms with Crippen molar-refractivity contribution in [3.05, 3.63) is 53.3 Å². The summed E-state index contributed by atoms with van der Waals surface area (Å²) >= 11 is 0. The highest BCUT2D eigenvalue weighted by molar-refractivity contribution is 7.89. The van der Waals surface area contributed by atoms with Gasteiger partial charge in [-0.15, -0.1) is 0 Å². The number of nitrogens with zero attached hydrogens (tertiary/aromatic N) is 1. The Bertz CT molecular complexity index is 981. The van der Waals surface area contributed by atoms with E-state index in [2.05, 4.69) is 4.72 Å². The van der Waals surface area contributed by atoms with E-state index in [0.29, 0.717) is 5.56 Å². The van der Waals surface area contributed by atoms with E-state index in [-0.39, 0.29) is 11.8 Å². The summed E-state index contributed by atoms with van der Waals surface area (Å²) in [5.74, 6) is -0.746. The van der Waals surface area contributed by atoms with Gasteiger partial charge in [-0.2, -0.15) is 13.2 Å². The van der Waals surface area contributed by atoms with Gasteiger partial charge in [0.1, 0.15) is 0 Å². The van der Waals surface area contributed by atoms with E-state index in [9.17, 15) is 26.4 Å². The lowest BCUT2D eigenvalue weighted by Crippen LogP contribution is -2.35. The Kier molecular flexibility index (Phi) is 5.28. The van der Waals surface area contributed by atoms with Crippen molar-refractivity contribution < 1.29 is 30.8 Å². The number of hydrogen-bond acceptors (Lipinski definition) is 4. The Morgan fingerprint density at radius 3 is 2.50 bits per heavy atom. The van der Waals surface area contributed by atoms with E-state index in [1.807, 2.05) is 0 Å². The third kappa shape index (κ3) is 4.07. The van der Waals surface area contributed by atoms with Crippen LogP contribution in [0.5, 0.6) is 0 Å². The van der Waals surface area contributed by atoms with E-state index in [4.69, 9.17) is 4.42 Å². The Labute approximate surface area is 160 Å². The molecule has 1 aliphatic rings. The molecule has 1 aromatic carbocycles. The van der Waals surface area contributed by atoms with Crippen LogP contribution in [-0.4, -0.2) is 32.3 Å². The average Bonchev–Trinajstić information content (AvgIpc) is 3.34. The lowest BCUT2D eigenvalue weighted by molar-refractivity contribution is -0.137. The summed E-state index contributed by atoms with van der Waals surface area (Å²) in [6.07, 6.45) is -3.05. The summed E-state index contributed by atoms with van der Waals surface area (Å²) in [6.45, 7) is 1.64. The monoisotopic (exact) mass is 416 g/mol. The Morgan fingerprint density at radius 2 is 1.93 bits per heavy atom. The molecule has 0 bridgehead atoms. The fourth-order valence-corrected chi connectivity index (χ4v) is 3.60. The maximum absolute atomic E-state index is 13.0. The molecule has 1 aromatic heterocycles. The maximum Gasteiger partial charge on any atom is 0.416 e. The number of hydrogen-bond donors (Lipinski definition) is 1. The van der Waals surface area contributed by atoms with Crippen LogP contribution >= 0.6 is 0 Å². The van der Waals surface area contributed by atoms with Crippen molar-refractivity contribution in [2.24, 2.45) is 0 Å². The number of halogens is 3. The summed E-state index contributed by atoms with van der Waals surface area (Å²) in [5, 5.41) is -0.402. The topological polar surface area (TPSA) is 79.6 Å². The predicted molar refractivity (Wildman–Crippen MR) is 94.0 cm³/mol. The summed E-state index contributed by atoms with van der Waals surface area (Å²) in [5.41, 5.74) is -0.454. The fourth-order valence-electron chi connectivity index (χ4n) is 2.95. The number of alkyl halides is 3. The molecule has 1 N–H and O–H groups in total. The molecule has 6 nitrogen and oxygen atoms in total. The predicted octanol–water partition coefficient (Wildman–Crippen LogP) is 3.57. The number of carbonyl (C=O) groups excluding carboxylic acids is 1. The van der Waals surface area contributed by atoms with E-state index in [1.165, 1.54) is 36.2 Å². The van der Waals surface area contributed by atoms with Crippen molar-refractivity contribution in [3.63, 3.8) is 0 Å². The number of amides is 1. The first-order chi connectivity index (χ1) is 13.0. The Balaban J connectivity index is 1.91. The van der Waals surface area contributed by atoms with Crippen LogP contribution in [0.3, 0.4) is 0 Å². The van der Waals surface area contributed by atoms with Crippen LogP contribution in [0.25, 0.3) is 0 Å². The Hall–Kier alpha value is -2.33. The SMILES string of the molecule is CNS(=O)(=O)c1ccc(C(=O)N(C2CC2)C(C)c2cccc(C(F)(F)F)c2)o1. The molecule has 1 amide bonds. The lowest BCUT2D eigenvalue weighted by Gasteiger charge is -2.29. The van der Waals surface area contributed by atoms with Gasteiger partial charge < -0.3 is 9.32 Å². The van der Waals surface area contributed by atoms with Gasteiger partial charge in [-0.3, -0.25) is 4.79 Å². The van der Waals surface area contributed by atoms with Gasteiger partial charge in [0.2, 0.25) is 5.09 Å². The van der Waals surface area contributed by atoms with Crippen LogP contribution < -0.4 is 4.72 Å². The second kappa shape index (κ2) is 7.25. The number of nitrogens with one attached hydrogen (secondary N) is 1. The zero-order chi connectivity index (χ0) is 20.7. The van der Waals surface area contributed by atoms with Crippen LogP contribution in [0.4, 0.5) is 13.2 Å². The molecule has 1 fully saturated rings. The van der Waals surface area contributed by atoms with Crippen molar-refractivity contribution in [3.8, 4) is 0 Å². The van der Waals surface area contributed by atoms with Crippen molar-refractivity contribution >= 4 is 15.9 Å². The molecule has 2 aromatic rings. The van der Waals surface area contributed by atoms with Crippen LogP contribution in [0.2, 0.25) is 0 Å². The first-order valence-corrected chi connectivity index (χ1v) is 10.1. The highest BCUT2D eigenvalue weighted by atomic mass is 32.2. The normalized spacial score (nSPS) is 16.0. The molecule has 1 unspecified atom stereocenters. The molecule has 1 saturated carbocycles. The summed E-state index contributed by atoms with van der Waals surface area (Å²) < 4.78 is 69.9. The third-order valence-corrected chi connectivity index (χ3v) is 5.90. The number of carbonyl (C=O) groups is 1. The molecule has 3 rings (SSSR count). The van der Waals surface area contributed by atoms with Gasteiger partial charge in [-0.05, 0) is 56.6 Å². The van der Waals surface area contributed by atoms with Crippen molar-refractivity contribution in [1.29, 1.82) is 0 Å². The molecule has 0 radical (unpaired) electrons. The minimum atomic E-state index is -4.48. The summed E-state index contributed by atoms with van der Waals surface area (Å²) in [7, 11) is -2.63. The van der Waals surface area contributed by atoms with Gasteiger partial charge in [0.25, 0.3) is 15.9 Å². The molecule has 0 saturated heterocycles. The quantitative estimate of drug-likeness (QED) is 0.781. The molecule has 152 valence electrons. The minimum Gasteiger partial charge on any atom is -0.438 e. The minimum absolute atomic E-state index is 0.133. The molecule has 0 aliphatic heterocycles. The largest absolute Gasteiger partial charge is 0.438 e. The van der Waals surface area contributed by atoms with Crippen LogP contribution in [0, 0.1) is 0 Å². The molecule has 1 atom stereocenters. The standard InChI is InChI=1S/C18H19F3N2O4S/c1-11(12-4-3-5-13(10-12)18(19,20)21)23(14-6-7-14)17(24)15-8-9-16(27-15)28(25,26)22-2/h3-5,8-11,14,22H,6-7H2,1-2H3. The van der Waals surface area contributed by atoms with Crippen molar-refractivity contribution in [1.82, 2.24) is 9.62 Å². The van der Waals surface area contributed by atoms with E-state index >= 15 is 0 Å². The van der Waals surface area contributed by atoms with Gasteiger partial charge in [0.15, 0.2) is 5.76 Å². The van der Waals surface area contributed by atoms with Crippen LogP contribution in [-0.2, 0) is 16.2 Å². The second-order valence-corrected chi connectivity index (χ2v) is 8.39. The highest BCUT2D eigenvalue weighted by Gasteiger charge is 2.39. The van der Waals surface area contributed by atoms with E-state index in [1.54, 1.807) is 6.92 Å². The number of sulfonamides is 1. The fraction of sp³-hybridized carbons (Fsp3) is 0.389. The number of rotatable bonds is 6. The molecule has 0 spiro atoms. The number of furan rings is 1.